The van der Waals surface area contributed by atoms with Crippen molar-refractivity contribution in [2.75, 3.05) is 12.9 Å². The molecule has 0 bridgehead atoms. The molecule has 0 aliphatic heterocycles. The Morgan fingerprint density at radius 3 is 2.87 bits per heavy atom. The summed E-state index contributed by atoms with van der Waals surface area (Å²) in [5.74, 6) is -0.0171. The van der Waals surface area contributed by atoms with Gasteiger partial charge in [0.1, 0.15) is 11.3 Å². The van der Waals surface area contributed by atoms with Gasteiger partial charge in [0.25, 0.3) is 0 Å². The number of hydrogen-bond acceptors (Lipinski definition) is 3. The highest BCUT2D eigenvalue weighted by atomic mass is 32.1. The number of ether oxygens (including phenoxy) is 1. The monoisotopic (exact) mass is 224 g/mol. The van der Waals surface area contributed by atoms with E-state index in [9.17, 15) is 4.79 Å². The van der Waals surface area contributed by atoms with Crippen LogP contribution in [0.15, 0.2) is 24.3 Å². The van der Waals surface area contributed by atoms with Crippen molar-refractivity contribution in [2.45, 2.75) is 0 Å². The lowest BCUT2D eigenvalue weighted by atomic mass is 10.1. The molecule has 0 saturated heterocycles. The van der Waals surface area contributed by atoms with Gasteiger partial charge in [-0.05, 0) is 6.07 Å². The van der Waals surface area contributed by atoms with E-state index in [1.54, 1.807) is 18.2 Å². The third-order valence-electron chi connectivity index (χ3n) is 1.88. The second-order valence-electron chi connectivity index (χ2n) is 2.82. The average molecular weight is 224 g/mol. The molecule has 0 fully saturated rings. The van der Waals surface area contributed by atoms with Gasteiger partial charge < -0.3 is 9.84 Å². The maximum absolute atomic E-state index is 10.9. The van der Waals surface area contributed by atoms with Crippen molar-refractivity contribution < 1.29 is 14.6 Å². The van der Waals surface area contributed by atoms with Gasteiger partial charge >= 0.3 is 5.97 Å². The topological polar surface area (TPSA) is 46.5 Å². The van der Waals surface area contributed by atoms with Gasteiger partial charge in [-0.15, -0.1) is 0 Å². The summed E-state index contributed by atoms with van der Waals surface area (Å²) in [4.78, 5) is 10.9. The number of carbonyl (C=O) groups is 1. The highest BCUT2D eigenvalue weighted by Gasteiger charge is 2.12. The molecule has 0 spiro atoms. The summed E-state index contributed by atoms with van der Waals surface area (Å²) in [6.07, 6.45) is 3.62. The Balaban J connectivity index is 3.22. The predicted octanol–water partition coefficient (Wildman–Crippen LogP) is 2.34. The Kier molecular flexibility index (Phi) is 4.24. The molecule has 0 radical (unpaired) electrons. The number of methoxy groups -OCH3 is 1. The number of para-hydroxylation sites is 1. The van der Waals surface area contributed by atoms with Crippen LogP contribution in [-0.2, 0) is 0 Å². The first kappa shape index (κ1) is 11.7. The van der Waals surface area contributed by atoms with E-state index >= 15 is 0 Å². The van der Waals surface area contributed by atoms with Crippen molar-refractivity contribution in [2.24, 2.45) is 0 Å². The van der Waals surface area contributed by atoms with Gasteiger partial charge in [-0.2, -0.15) is 12.6 Å². The molecule has 15 heavy (non-hydrogen) atoms. The number of thiol groups is 1. The van der Waals surface area contributed by atoms with Crippen molar-refractivity contribution in [1.82, 2.24) is 0 Å². The molecule has 0 unspecified atom stereocenters. The van der Waals surface area contributed by atoms with Crippen LogP contribution >= 0.6 is 12.6 Å². The SMILES string of the molecule is COc1c(C=CCS)cccc1C(=O)O. The van der Waals surface area contributed by atoms with Gasteiger partial charge in [-0.25, -0.2) is 4.79 Å². The first-order valence-corrected chi connectivity index (χ1v) is 5.01. The van der Waals surface area contributed by atoms with Gasteiger partial charge in [0.05, 0.1) is 7.11 Å². The second kappa shape index (κ2) is 5.46. The Hall–Kier alpha value is -1.42. The van der Waals surface area contributed by atoms with Crippen LogP contribution in [0.5, 0.6) is 5.75 Å². The summed E-state index contributed by atoms with van der Waals surface area (Å²) in [6, 6.07) is 4.99. The van der Waals surface area contributed by atoms with E-state index in [0.717, 1.165) is 5.56 Å². The molecule has 3 nitrogen and oxygen atoms in total. The molecule has 0 amide bonds. The molecule has 0 aliphatic carbocycles. The number of hydrogen-bond donors (Lipinski definition) is 2. The fourth-order valence-corrected chi connectivity index (χ4v) is 1.37. The Morgan fingerprint density at radius 1 is 1.60 bits per heavy atom. The van der Waals surface area contributed by atoms with E-state index in [2.05, 4.69) is 12.6 Å². The predicted molar refractivity (Wildman–Crippen MR) is 62.8 cm³/mol. The van der Waals surface area contributed by atoms with Gasteiger partial charge in [-0.3, -0.25) is 0 Å². The molecule has 0 aliphatic rings. The van der Waals surface area contributed by atoms with Gasteiger partial charge in [0.15, 0.2) is 0 Å². The van der Waals surface area contributed by atoms with Crippen LogP contribution in [0.4, 0.5) is 0 Å². The number of aromatic carboxylic acids is 1. The lowest BCUT2D eigenvalue weighted by Gasteiger charge is -2.07. The Morgan fingerprint density at radius 2 is 2.33 bits per heavy atom. The summed E-state index contributed by atoms with van der Waals surface area (Å²) >= 11 is 4.04. The van der Waals surface area contributed by atoms with Crippen molar-refractivity contribution in [3.63, 3.8) is 0 Å². The van der Waals surface area contributed by atoms with Crippen molar-refractivity contribution >= 4 is 24.7 Å². The van der Waals surface area contributed by atoms with Gasteiger partial charge in [0, 0.05) is 11.3 Å². The normalized spacial score (nSPS) is 10.5. The first-order valence-electron chi connectivity index (χ1n) is 4.38. The number of benzene rings is 1. The van der Waals surface area contributed by atoms with Gasteiger partial charge in [-0.1, -0.05) is 24.3 Å². The molecular weight excluding hydrogens is 212 g/mol. The molecule has 1 aromatic carbocycles. The summed E-state index contributed by atoms with van der Waals surface area (Å²) in [5, 5.41) is 8.93. The minimum atomic E-state index is -0.993. The molecule has 1 rings (SSSR count). The standard InChI is InChI=1S/C11H12O3S/c1-14-10-8(5-3-7-15)4-2-6-9(10)11(12)13/h2-6,15H,7H2,1H3,(H,12,13). The van der Waals surface area contributed by atoms with Crippen LogP contribution in [0.3, 0.4) is 0 Å². The zero-order valence-electron chi connectivity index (χ0n) is 8.30. The first-order chi connectivity index (χ1) is 7.20. The van der Waals surface area contributed by atoms with E-state index in [0.29, 0.717) is 11.5 Å². The summed E-state index contributed by atoms with van der Waals surface area (Å²) in [6.45, 7) is 0. The van der Waals surface area contributed by atoms with E-state index in [1.165, 1.54) is 13.2 Å². The van der Waals surface area contributed by atoms with Crippen molar-refractivity contribution in [3.8, 4) is 5.75 Å². The van der Waals surface area contributed by atoms with Crippen LogP contribution in [0, 0.1) is 0 Å². The fraction of sp³-hybridized carbons (Fsp3) is 0.182. The van der Waals surface area contributed by atoms with Crippen LogP contribution in [-0.4, -0.2) is 23.9 Å². The van der Waals surface area contributed by atoms with Crippen molar-refractivity contribution in [3.05, 3.63) is 35.4 Å². The van der Waals surface area contributed by atoms with Crippen molar-refractivity contribution in [1.29, 1.82) is 0 Å². The molecule has 0 aromatic heterocycles. The van der Waals surface area contributed by atoms with Gasteiger partial charge in [0.2, 0.25) is 0 Å². The Labute approximate surface area is 93.8 Å². The van der Waals surface area contributed by atoms with Crippen LogP contribution in [0.25, 0.3) is 6.08 Å². The van der Waals surface area contributed by atoms with E-state index in [-0.39, 0.29) is 5.56 Å². The van der Waals surface area contributed by atoms with Crippen LogP contribution in [0.2, 0.25) is 0 Å². The van der Waals surface area contributed by atoms with E-state index in [1.807, 2.05) is 6.08 Å². The van der Waals surface area contributed by atoms with E-state index in [4.69, 9.17) is 9.84 Å². The Bertz CT molecular complexity index is 385. The second-order valence-corrected chi connectivity index (χ2v) is 3.18. The summed E-state index contributed by atoms with van der Waals surface area (Å²) in [7, 11) is 1.46. The maximum atomic E-state index is 10.9. The number of carboxylic acids is 1. The van der Waals surface area contributed by atoms with E-state index < -0.39 is 5.97 Å². The largest absolute Gasteiger partial charge is 0.495 e. The third-order valence-corrected chi connectivity index (χ3v) is 2.09. The van der Waals surface area contributed by atoms with Crippen LogP contribution < -0.4 is 4.74 Å². The molecule has 1 aromatic rings. The molecule has 0 atom stereocenters. The zero-order chi connectivity index (χ0) is 11.3. The zero-order valence-corrected chi connectivity index (χ0v) is 9.20. The molecule has 4 heteroatoms. The number of carboxylic acid groups (broad SMARTS) is 1. The third kappa shape index (κ3) is 2.76. The minimum Gasteiger partial charge on any atom is -0.495 e. The quantitative estimate of drug-likeness (QED) is 0.772. The fourth-order valence-electron chi connectivity index (χ4n) is 1.26. The highest BCUT2D eigenvalue weighted by molar-refractivity contribution is 7.80. The molecule has 1 N–H and O–H groups in total. The summed E-state index contributed by atoms with van der Waals surface area (Å²) in [5.41, 5.74) is 0.908. The highest BCUT2D eigenvalue weighted by Crippen LogP contribution is 2.24. The summed E-state index contributed by atoms with van der Waals surface area (Å²) < 4.78 is 5.08. The number of rotatable bonds is 4. The van der Waals surface area contributed by atoms with Crippen LogP contribution in [0.1, 0.15) is 15.9 Å². The molecular formula is C11H12O3S. The molecule has 80 valence electrons. The molecule has 0 heterocycles. The minimum absolute atomic E-state index is 0.166. The average Bonchev–Trinajstić information content (AvgIpc) is 2.25. The smallest absolute Gasteiger partial charge is 0.339 e. The lowest BCUT2D eigenvalue weighted by molar-refractivity contribution is 0.0693. The molecule has 0 saturated carbocycles. The maximum Gasteiger partial charge on any atom is 0.339 e. The lowest BCUT2D eigenvalue weighted by Crippen LogP contribution is -2.01.